The highest BCUT2D eigenvalue weighted by Gasteiger charge is 2.07. The summed E-state index contributed by atoms with van der Waals surface area (Å²) in [6, 6.07) is 10.6. The standard InChI is InChI=1S/C19H22ClN3O3/c1-4-18(24)23-16-10-13(6-5-12(16)2)21-11-19(25)22-14-7-8-17(26-3)15(20)9-14/h5-10,21H,4,11H2,1-3H3,(H,22,25)(H,23,24). The molecule has 138 valence electrons. The van der Waals surface area contributed by atoms with Crippen molar-refractivity contribution >= 4 is 40.5 Å². The Morgan fingerprint density at radius 2 is 1.77 bits per heavy atom. The van der Waals surface area contributed by atoms with Crippen LogP contribution in [-0.4, -0.2) is 25.5 Å². The van der Waals surface area contributed by atoms with E-state index in [4.69, 9.17) is 16.3 Å². The molecule has 0 bridgehead atoms. The molecule has 0 fully saturated rings. The van der Waals surface area contributed by atoms with E-state index in [-0.39, 0.29) is 18.4 Å². The second-order valence-corrected chi connectivity index (χ2v) is 6.09. The lowest BCUT2D eigenvalue weighted by atomic mass is 10.1. The maximum Gasteiger partial charge on any atom is 0.243 e. The zero-order valence-electron chi connectivity index (χ0n) is 15.0. The van der Waals surface area contributed by atoms with Crippen LogP contribution in [-0.2, 0) is 9.59 Å². The highest BCUT2D eigenvalue weighted by molar-refractivity contribution is 6.32. The van der Waals surface area contributed by atoms with Crippen LogP contribution in [0.25, 0.3) is 0 Å². The normalized spacial score (nSPS) is 10.2. The van der Waals surface area contributed by atoms with E-state index in [9.17, 15) is 9.59 Å². The zero-order valence-corrected chi connectivity index (χ0v) is 15.7. The maximum absolute atomic E-state index is 12.1. The minimum Gasteiger partial charge on any atom is -0.495 e. The lowest BCUT2D eigenvalue weighted by molar-refractivity contribution is -0.116. The van der Waals surface area contributed by atoms with Crippen LogP contribution >= 0.6 is 11.6 Å². The van der Waals surface area contributed by atoms with Gasteiger partial charge in [-0.05, 0) is 42.8 Å². The largest absolute Gasteiger partial charge is 0.495 e. The van der Waals surface area contributed by atoms with Crippen molar-refractivity contribution in [2.75, 3.05) is 29.6 Å². The maximum atomic E-state index is 12.1. The molecule has 0 aliphatic carbocycles. The van der Waals surface area contributed by atoms with Gasteiger partial charge in [-0.2, -0.15) is 0 Å². The van der Waals surface area contributed by atoms with E-state index in [1.54, 1.807) is 31.2 Å². The first-order valence-corrected chi connectivity index (χ1v) is 8.58. The average molecular weight is 376 g/mol. The van der Waals surface area contributed by atoms with Crippen molar-refractivity contribution in [3.8, 4) is 5.75 Å². The van der Waals surface area contributed by atoms with E-state index < -0.39 is 0 Å². The molecule has 0 heterocycles. The highest BCUT2D eigenvalue weighted by atomic mass is 35.5. The van der Waals surface area contributed by atoms with Gasteiger partial charge in [-0.25, -0.2) is 0 Å². The van der Waals surface area contributed by atoms with E-state index in [0.717, 1.165) is 16.9 Å². The number of carbonyl (C=O) groups excluding carboxylic acids is 2. The second-order valence-electron chi connectivity index (χ2n) is 5.68. The summed E-state index contributed by atoms with van der Waals surface area (Å²) in [5.74, 6) is 0.273. The van der Waals surface area contributed by atoms with Crippen LogP contribution in [0.1, 0.15) is 18.9 Å². The number of nitrogens with one attached hydrogen (secondary N) is 3. The molecule has 0 aromatic heterocycles. The summed E-state index contributed by atoms with van der Waals surface area (Å²) in [6.45, 7) is 3.78. The molecule has 2 aromatic rings. The molecule has 7 heteroatoms. The smallest absolute Gasteiger partial charge is 0.243 e. The van der Waals surface area contributed by atoms with Crippen LogP contribution in [0.3, 0.4) is 0 Å². The van der Waals surface area contributed by atoms with Gasteiger partial charge in [0.2, 0.25) is 11.8 Å². The van der Waals surface area contributed by atoms with Crippen LogP contribution in [0.2, 0.25) is 5.02 Å². The number of carbonyl (C=O) groups is 2. The molecule has 2 amide bonds. The second kappa shape index (κ2) is 9.10. The summed E-state index contributed by atoms with van der Waals surface area (Å²) in [4.78, 5) is 23.7. The van der Waals surface area contributed by atoms with Crippen LogP contribution < -0.4 is 20.7 Å². The summed E-state index contributed by atoms with van der Waals surface area (Å²) in [6.07, 6.45) is 0.407. The number of ether oxygens (including phenoxy) is 1. The van der Waals surface area contributed by atoms with Gasteiger partial charge < -0.3 is 20.7 Å². The van der Waals surface area contributed by atoms with Gasteiger partial charge in [-0.15, -0.1) is 0 Å². The monoisotopic (exact) mass is 375 g/mol. The minimum atomic E-state index is -0.217. The van der Waals surface area contributed by atoms with Crippen LogP contribution in [0.4, 0.5) is 17.1 Å². The lowest BCUT2D eigenvalue weighted by Crippen LogP contribution is -2.21. The third-order valence-electron chi connectivity index (χ3n) is 3.72. The van der Waals surface area contributed by atoms with Gasteiger partial charge in [0.15, 0.2) is 0 Å². The van der Waals surface area contributed by atoms with Gasteiger partial charge >= 0.3 is 0 Å². The van der Waals surface area contributed by atoms with Crippen molar-refractivity contribution in [1.82, 2.24) is 0 Å². The minimum absolute atomic E-state index is 0.0561. The fourth-order valence-corrected chi connectivity index (χ4v) is 2.49. The number of benzene rings is 2. The van der Waals surface area contributed by atoms with E-state index in [1.165, 1.54) is 7.11 Å². The van der Waals surface area contributed by atoms with Crippen molar-refractivity contribution in [3.05, 3.63) is 47.0 Å². The van der Waals surface area contributed by atoms with Crippen LogP contribution in [0, 0.1) is 6.92 Å². The van der Waals surface area contributed by atoms with Gasteiger partial charge in [-0.1, -0.05) is 24.6 Å². The summed E-state index contributed by atoms with van der Waals surface area (Å²) in [7, 11) is 1.53. The molecular formula is C19H22ClN3O3. The fourth-order valence-electron chi connectivity index (χ4n) is 2.24. The van der Waals surface area contributed by atoms with Gasteiger partial charge in [0.1, 0.15) is 5.75 Å². The third kappa shape index (κ3) is 5.39. The highest BCUT2D eigenvalue weighted by Crippen LogP contribution is 2.27. The predicted molar refractivity (Wildman–Crippen MR) is 105 cm³/mol. The molecule has 2 aromatic carbocycles. The van der Waals surface area contributed by atoms with Crippen molar-refractivity contribution in [3.63, 3.8) is 0 Å². The van der Waals surface area contributed by atoms with E-state index >= 15 is 0 Å². The molecular weight excluding hydrogens is 354 g/mol. The van der Waals surface area contributed by atoms with Gasteiger partial charge in [0, 0.05) is 23.5 Å². The van der Waals surface area contributed by atoms with E-state index in [2.05, 4.69) is 16.0 Å². The first-order chi connectivity index (χ1) is 12.4. The first kappa shape index (κ1) is 19.6. The quantitative estimate of drug-likeness (QED) is 0.682. The Balaban J connectivity index is 1.95. The topological polar surface area (TPSA) is 79.5 Å². The predicted octanol–water partition coefficient (Wildman–Crippen LogP) is 4.06. The average Bonchev–Trinajstić information content (AvgIpc) is 2.62. The number of hydrogen-bond acceptors (Lipinski definition) is 4. The summed E-state index contributed by atoms with van der Waals surface area (Å²) < 4.78 is 5.08. The van der Waals surface area contributed by atoms with E-state index in [0.29, 0.717) is 22.9 Å². The van der Waals surface area contributed by atoms with Gasteiger partial charge in [0.25, 0.3) is 0 Å². The van der Waals surface area contributed by atoms with Gasteiger partial charge in [-0.3, -0.25) is 9.59 Å². The SMILES string of the molecule is CCC(=O)Nc1cc(NCC(=O)Nc2ccc(OC)c(Cl)c2)ccc1C. The summed E-state index contributed by atoms with van der Waals surface area (Å²) in [5.41, 5.74) is 3.01. The molecule has 2 rings (SSSR count). The Bertz CT molecular complexity index is 809. The zero-order chi connectivity index (χ0) is 19.1. The number of halogens is 1. The molecule has 0 atom stereocenters. The Labute approximate surface area is 157 Å². The molecule has 6 nitrogen and oxygen atoms in total. The lowest BCUT2D eigenvalue weighted by Gasteiger charge is -2.12. The molecule has 0 unspecified atom stereocenters. The molecule has 3 N–H and O–H groups in total. The molecule has 26 heavy (non-hydrogen) atoms. The Hall–Kier alpha value is -2.73. The Morgan fingerprint density at radius 1 is 1.04 bits per heavy atom. The van der Waals surface area contributed by atoms with Crippen molar-refractivity contribution in [2.45, 2.75) is 20.3 Å². The van der Waals surface area contributed by atoms with Crippen molar-refractivity contribution in [1.29, 1.82) is 0 Å². The summed E-state index contributed by atoms with van der Waals surface area (Å²) >= 11 is 6.05. The molecule has 0 aliphatic heterocycles. The number of amides is 2. The number of hydrogen-bond donors (Lipinski definition) is 3. The number of methoxy groups -OCH3 is 1. The molecule has 0 spiro atoms. The fraction of sp³-hybridized carbons (Fsp3) is 0.263. The van der Waals surface area contributed by atoms with Crippen molar-refractivity contribution in [2.24, 2.45) is 0 Å². The Morgan fingerprint density at radius 3 is 2.42 bits per heavy atom. The number of anilines is 3. The third-order valence-corrected chi connectivity index (χ3v) is 4.02. The first-order valence-electron chi connectivity index (χ1n) is 8.20. The molecule has 0 saturated heterocycles. The van der Waals surface area contributed by atoms with Crippen molar-refractivity contribution < 1.29 is 14.3 Å². The molecule has 0 aliphatic rings. The van der Waals surface area contributed by atoms with Crippen LogP contribution in [0.5, 0.6) is 5.75 Å². The Kier molecular flexibility index (Phi) is 6.86. The van der Waals surface area contributed by atoms with E-state index in [1.807, 2.05) is 19.1 Å². The van der Waals surface area contributed by atoms with Gasteiger partial charge in [0.05, 0.1) is 18.7 Å². The number of rotatable bonds is 7. The molecule has 0 saturated carbocycles. The molecule has 0 radical (unpaired) electrons. The van der Waals surface area contributed by atoms with Crippen LogP contribution in [0.15, 0.2) is 36.4 Å². The summed E-state index contributed by atoms with van der Waals surface area (Å²) in [5, 5.41) is 9.06. The number of aryl methyl sites for hydroxylation is 1.